The van der Waals surface area contributed by atoms with Crippen LogP contribution in [0.3, 0.4) is 0 Å². The van der Waals surface area contributed by atoms with Crippen LogP contribution in [0.25, 0.3) is 105 Å². The van der Waals surface area contributed by atoms with Gasteiger partial charge in [-0.15, -0.1) is 0 Å². The third-order valence-corrected chi connectivity index (χ3v) is 11.0. The minimum atomic E-state index is 0.609. The summed E-state index contributed by atoms with van der Waals surface area (Å²) in [7, 11) is 0. The standard InChI is InChI=1S/C53H34N4/c1-4-16-35(17-5-1)38-28-30-41-40(32-38)33-47(43-23-11-10-22-42(41)43)53-55-51(37-20-8-3-9-21-37)54-52(56-53)46-31-29-39(36-18-6-2-7-19-36)34-50(46)57-48-26-14-12-24-44(48)45-25-13-15-27-49(45)57/h1-34H. The molecule has 9 aromatic carbocycles. The van der Waals surface area contributed by atoms with Gasteiger partial charge in [0.05, 0.1) is 16.7 Å². The SMILES string of the molecule is c1ccc(-c2ccc(-c3nc(-c4ccccc4)nc(-c4cc5cc(-c6ccccc6)ccc5c5ccccc45)n3)c(-n3c4ccccc4c4ccccc43)c2)cc1. The van der Waals surface area contributed by atoms with Crippen molar-refractivity contribution in [3.8, 4) is 62.1 Å². The van der Waals surface area contributed by atoms with Crippen LogP contribution in [-0.4, -0.2) is 19.5 Å². The molecule has 0 radical (unpaired) electrons. The lowest BCUT2D eigenvalue weighted by molar-refractivity contribution is 1.07. The summed E-state index contributed by atoms with van der Waals surface area (Å²) in [5, 5.41) is 6.97. The second kappa shape index (κ2) is 13.6. The highest BCUT2D eigenvalue weighted by Gasteiger charge is 2.21. The molecule has 0 saturated carbocycles. The van der Waals surface area contributed by atoms with Crippen LogP contribution in [-0.2, 0) is 0 Å². The molecule has 11 rings (SSSR count). The first kappa shape index (κ1) is 32.7. The largest absolute Gasteiger partial charge is 0.308 e. The van der Waals surface area contributed by atoms with Gasteiger partial charge in [0.1, 0.15) is 0 Å². The monoisotopic (exact) mass is 726 g/mol. The van der Waals surface area contributed by atoms with E-state index in [-0.39, 0.29) is 0 Å². The van der Waals surface area contributed by atoms with Crippen LogP contribution >= 0.6 is 0 Å². The Hall–Kier alpha value is -7.69. The molecule has 266 valence electrons. The first-order valence-electron chi connectivity index (χ1n) is 19.3. The van der Waals surface area contributed by atoms with Crippen molar-refractivity contribution in [2.24, 2.45) is 0 Å². The molecule has 0 aliphatic rings. The molecule has 2 heterocycles. The van der Waals surface area contributed by atoms with Crippen molar-refractivity contribution >= 4 is 43.4 Å². The zero-order valence-electron chi connectivity index (χ0n) is 30.9. The fourth-order valence-electron chi connectivity index (χ4n) is 8.34. The Bertz CT molecular complexity index is 3230. The molecule has 0 fully saturated rings. The Balaban J connectivity index is 1.21. The first-order chi connectivity index (χ1) is 28.3. The predicted molar refractivity (Wildman–Crippen MR) is 236 cm³/mol. The lowest BCUT2D eigenvalue weighted by atomic mass is 9.94. The number of fused-ring (bicyclic) bond motifs is 6. The van der Waals surface area contributed by atoms with E-state index in [4.69, 9.17) is 15.0 Å². The van der Waals surface area contributed by atoms with Crippen molar-refractivity contribution in [1.82, 2.24) is 19.5 Å². The number of rotatable bonds is 6. The van der Waals surface area contributed by atoms with Crippen molar-refractivity contribution in [2.45, 2.75) is 0 Å². The number of nitrogens with zero attached hydrogens (tertiary/aromatic N) is 4. The summed E-state index contributed by atoms with van der Waals surface area (Å²) in [5.41, 5.74) is 10.7. The summed E-state index contributed by atoms with van der Waals surface area (Å²) in [6, 6.07) is 72.8. The van der Waals surface area contributed by atoms with E-state index < -0.39 is 0 Å². The molecule has 4 heteroatoms. The van der Waals surface area contributed by atoms with E-state index in [1.165, 1.54) is 27.3 Å². The highest BCUT2D eigenvalue weighted by molar-refractivity contribution is 6.14. The van der Waals surface area contributed by atoms with Crippen molar-refractivity contribution in [1.29, 1.82) is 0 Å². The molecule has 0 bridgehead atoms. The Morgan fingerprint density at radius 3 is 1.39 bits per heavy atom. The van der Waals surface area contributed by atoms with Crippen molar-refractivity contribution in [3.05, 3.63) is 206 Å². The van der Waals surface area contributed by atoms with Crippen LogP contribution in [0.2, 0.25) is 0 Å². The predicted octanol–water partition coefficient (Wildman–Crippen LogP) is 13.6. The lowest BCUT2D eigenvalue weighted by Crippen LogP contribution is -2.04. The van der Waals surface area contributed by atoms with E-state index in [9.17, 15) is 0 Å². The molecular formula is C53H34N4. The fourth-order valence-corrected chi connectivity index (χ4v) is 8.34. The summed E-state index contributed by atoms with van der Waals surface area (Å²) in [6.07, 6.45) is 0. The van der Waals surface area contributed by atoms with Gasteiger partial charge in [0.2, 0.25) is 0 Å². The molecule has 0 saturated heterocycles. The van der Waals surface area contributed by atoms with Crippen LogP contribution in [0.4, 0.5) is 0 Å². The van der Waals surface area contributed by atoms with Crippen LogP contribution < -0.4 is 0 Å². The Labute approximate surface area is 330 Å². The topological polar surface area (TPSA) is 43.6 Å². The second-order valence-corrected chi connectivity index (χ2v) is 14.4. The average Bonchev–Trinajstić information content (AvgIpc) is 3.63. The smallest absolute Gasteiger partial charge is 0.166 e. The average molecular weight is 727 g/mol. The van der Waals surface area contributed by atoms with Crippen LogP contribution in [0, 0.1) is 0 Å². The van der Waals surface area contributed by atoms with E-state index in [1.807, 2.05) is 18.2 Å². The van der Waals surface area contributed by atoms with Gasteiger partial charge < -0.3 is 4.57 Å². The van der Waals surface area contributed by atoms with Gasteiger partial charge in [-0.2, -0.15) is 0 Å². The molecular weight excluding hydrogens is 693 g/mol. The van der Waals surface area contributed by atoms with Crippen molar-refractivity contribution in [2.75, 3.05) is 0 Å². The van der Waals surface area contributed by atoms with Gasteiger partial charge in [-0.3, -0.25) is 0 Å². The Morgan fingerprint density at radius 2 is 0.754 bits per heavy atom. The highest BCUT2D eigenvalue weighted by atomic mass is 15.1. The molecule has 57 heavy (non-hydrogen) atoms. The summed E-state index contributed by atoms with van der Waals surface area (Å²) in [6.45, 7) is 0. The normalized spacial score (nSPS) is 11.5. The Morgan fingerprint density at radius 1 is 0.281 bits per heavy atom. The van der Waals surface area contributed by atoms with Crippen molar-refractivity contribution < 1.29 is 0 Å². The van der Waals surface area contributed by atoms with E-state index in [1.54, 1.807) is 0 Å². The third-order valence-electron chi connectivity index (χ3n) is 11.0. The molecule has 2 aromatic heterocycles. The van der Waals surface area contributed by atoms with Crippen LogP contribution in [0.1, 0.15) is 0 Å². The number of aromatic nitrogens is 4. The van der Waals surface area contributed by atoms with Gasteiger partial charge in [0, 0.05) is 27.5 Å². The maximum atomic E-state index is 5.43. The zero-order valence-corrected chi connectivity index (χ0v) is 30.9. The van der Waals surface area contributed by atoms with Crippen LogP contribution in [0.5, 0.6) is 0 Å². The second-order valence-electron chi connectivity index (χ2n) is 14.4. The number of hydrogen-bond acceptors (Lipinski definition) is 3. The van der Waals surface area contributed by atoms with Gasteiger partial charge in [0.25, 0.3) is 0 Å². The maximum absolute atomic E-state index is 5.43. The third kappa shape index (κ3) is 5.66. The summed E-state index contributed by atoms with van der Waals surface area (Å²) < 4.78 is 2.37. The number of para-hydroxylation sites is 2. The molecule has 0 amide bonds. The summed E-state index contributed by atoms with van der Waals surface area (Å²) in [5.74, 6) is 1.86. The van der Waals surface area contributed by atoms with E-state index >= 15 is 0 Å². The van der Waals surface area contributed by atoms with Gasteiger partial charge in [-0.25, -0.2) is 15.0 Å². The molecule has 0 N–H and O–H groups in total. The van der Waals surface area contributed by atoms with Gasteiger partial charge >= 0.3 is 0 Å². The maximum Gasteiger partial charge on any atom is 0.166 e. The summed E-state index contributed by atoms with van der Waals surface area (Å²) in [4.78, 5) is 16.0. The fraction of sp³-hybridized carbons (Fsp3) is 0. The molecule has 0 aliphatic carbocycles. The summed E-state index contributed by atoms with van der Waals surface area (Å²) >= 11 is 0. The van der Waals surface area contributed by atoms with Gasteiger partial charge in [0.15, 0.2) is 17.5 Å². The molecule has 0 aliphatic heterocycles. The molecule has 0 spiro atoms. The highest BCUT2D eigenvalue weighted by Crippen LogP contribution is 2.40. The zero-order chi connectivity index (χ0) is 37.7. The number of benzene rings is 9. The van der Waals surface area contributed by atoms with E-state index in [0.29, 0.717) is 17.5 Å². The van der Waals surface area contributed by atoms with Gasteiger partial charge in [-0.05, 0) is 80.2 Å². The minimum absolute atomic E-state index is 0.609. The Kier molecular flexibility index (Phi) is 7.78. The van der Waals surface area contributed by atoms with E-state index in [2.05, 4.69) is 193 Å². The van der Waals surface area contributed by atoms with Crippen LogP contribution in [0.15, 0.2) is 206 Å². The minimum Gasteiger partial charge on any atom is -0.308 e. The molecule has 0 atom stereocenters. The quantitative estimate of drug-likeness (QED) is 0.160. The number of hydrogen-bond donors (Lipinski definition) is 0. The van der Waals surface area contributed by atoms with Gasteiger partial charge in [-0.1, -0.05) is 170 Å². The molecule has 0 unspecified atom stereocenters. The molecule has 11 aromatic rings. The van der Waals surface area contributed by atoms with E-state index in [0.717, 1.165) is 60.7 Å². The molecule has 4 nitrogen and oxygen atoms in total. The first-order valence-corrected chi connectivity index (χ1v) is 19.3. The lowest BCUT2D eigenvalue weighted by Gasteiger charge is -2.17. The van der Waals surface area contributed by atoms with Crippen molar-refractivity contribution in [3.63, 3.8) is 0 Å².